The van der Waals surface area contributed by atoms with Crippen LogP contribution in [0.15, 0.2) is 11.1 Å². The van der Waals surface area contributed by atoms with Gasteiger partial charge in [-0.3, -0.25) is 4.68 Å². The van der Waals surface area contributed by atoms with Crippen LogP contribution in [0.3, 0.4) is 0 Å². The third-order valence-electron chi connectivity index (χ3n) is 2.88. The zero-order chi connectivity index (χ0) is 14.6. The van der Waals surface area contributed by atoms with E-state index in [1.807, 2.05) is 30.4 Å². The first-order valence-electron chi connectivity index (χ1n) is 6.55. The molecule has 1 unspecified atom stereocenters. The van der Waals surface area contributed by atoms with Gasteiger partial charge in [0, 0.05) is 41.8 Å². The molecule has 2 heterocycles. The molecule has 1 fully saturated rings. The Morgan fingerprint density at radius 2 is 2.35 bits per heavy atom. The zero-order valence-corrected chi connectivity index (χ0v) is 13.9. The summed E-state index contributed by atoms with van der Waals surface area (Å²) >= 11 is 3.68. The van der Waals surface area contributed by atoms with Crippen molar-refractivity contribution in [3.8, 4) is 0 Å². The molecule has 0 spiro atoms. The van der Waals surface area contributed by atoms with Gasteiger partial charge in [0.2, 0.25) is 10.0 Å². The highest BCUT2D eigenvalue weighted by Crippen LogP contribution is 2.24. The van der Waals surface area contributed by atoms with Gasteiger partial charge in [0.1, 0.15) is 4.90 Å². The summed E-state index contributed by atoms with van der Waals surface area (Å²) in [5, 5.41) is 4.36. The van der Waals surface area contributed by atoms with E-state index in [2.05, 4.69) is 9.82 Å². The van der Waals surface area contributed by atoms with Gasteiger partial charge < -0.3 is 5.73 Å². The number of aromatic nitrogens is 2. The van der Waals surface area contributed by atoms with Crippen LogP contribution in [-0.4, -0.2) is 47.3 Å². The number of rotatable bonds is 6. The fraction of sp³-hybridized carbons (Fsp3) is 0.727. The topological polar surface area (TPSA) is 90.0 Å². The number of anilines is 1. The lowest BCUT2D eigenvalue weighted by atomic mass is 10.5. The van der Waals surface area contributed by atoms with Gasteiger partial charge in [0.05, 0.1) is 0 Å². The van der Waals surface area contributed by atoms with E-state index in [1.165, 1.54) is 6.20 Å². The predicted octanol–water partition coefficient (Wildman–Crippen LogP) is 1.00. The molecular formula is C11H20N4O2S3. The van der Waals surface area contributed by atoms with E-state index < -0.39 is 10.0 Å². The number of nitrogen functional groups attached to an aromatic ring is 1. The number of aryl methyl sites for hydroxylation is 1. The van der Waals surface area contributed by atoms with E-state index in [-0.39, 0.29) is 10.7 Å². The summed E-state index contributed by atoms with van der Waals surface area (Å²) in [4.78, 5) is 0.0828. The van der Waals surface area contributed by atoms with Gasteiger partial charge in [0.15, 0.2) is 5.82 Å². The Labute approximate surface area is 128 Å². The van der Waals surface area contributed by atoms with Crippen molar-refractivity contribution in [2.24, 2.45) is 0 Å². The molecule has 0 saturated carbocycles. The van der Waals surface area contributed by atoms with E-state index in [1.54, 1.807) is 4.68 Å². The van der Waals surface area contributed by atoms with Crippen molar-refractivity contribution in [3.05, 3.63) is 6.20 Å². The molecule has 1 aromatic rings. The largest absolute Gasteiger partial charge is 0.381 e. The molecule has 6 nitrogen and oxygen atoms in total. The molecule has 2 rings (SSSR count). The molecule has 9 heteroatoms. The van der Waals surface area contributed by atoms with Crippen molar-refractivity contribution in [1.29, 1.82) is 0 Å². The number of hydrogen-bond acceptors (Lipinski definition) is 6. The molecule has 0 bridgehead atoms. The maximum Gasteiger partial charge on any atom is 0.245 e. The standard InChI is InChI=1S/C11H20N4O2S3/c1-2-3-15-7-10(11(12)14-15)20(16,17)13-6-9-8-18-4-5-19-9/h7,9,13H,2-6,8H2,1H3,(H2,12,14). The summed E-state index contributed by atoms with van der Waals surface area (Å²) in [7, 11) is -3.57. The van der Waals surface area contributed by atoms with Crippen LogP contribution in [0.1, 0.15) is 13.3 Å². The molecule has 1 aliphatic rings. The molecule has 114 valence electrons. The summed E-state index contributed by atoms with van der Waals surface area (Å²) in [5.74, 6) is 3.27. The summed E-state index contributed by atoms with van der Waals surface area (Å²) in [6.07, 6.45) is 2.38. The molecule has 1 atom stereocenters. The van der Waals surface area contributed by atoms with Crippen molar-refractivity contribution in [2.75, 3.05) is 29.5 Å². The van der Waals surface area contributed by atoms with Crippen LogP contribution in [0.4, 0.5) is 5.82 Å². The minimum atomic E-state index is -3.57. The summed E-state index contributed by atoms with van der Waals surface area (Å²) in [6.45, 7) is 3.11. The first-order valence-corrected chi connectivity index (χ1v) is 10.2. The highest BCUT2D eigenvalue weighted by atomic mass is 32.2. The van der Waals surface area contributed by atoms with E-state index in [0.29, 0.717) is 18.3 Å². The average Bonchev–Trinajstić information content (AvgIpc) is 2.80. The van der Waals surface area contributed by atoms with Crippen LogP contribution in [-0.2, 0) is 16.6 Å². The van der Waals surface area contributed by atoms with E-state index in [0.717, 1.165) is 23.7 Å². The number of nitrogens with one attached hydrogen (secondary N) is 1. The molecule has 0 radical (unpaired) electrons. The van der Waals surface area contributed by atoms with Gasteiger partial charge in [-0.1, -0.05) is 6.92 Å². The summed E-state index contributed by atoms with van der Waals surface area (Å²) < 4.78 is 28.7. The Morgan fingerprint density at radius 3 is 3.00 bits per heavy atom. The van der Waals surface area contributed by atoms with Gasteiger partial charge >= 0.3 is 0 Å². The summed E-state index contributed by atoms with van der Waals surface area (Å²) in [5.41, 5.74) is 5.71. The Kier molecular flexibility index (Phi) is 5.65. The minimum absolute atomic E-state index is 0.0663. The van der Waals surface area contributed by atoms with Crippen molar-refractivity contribution >= 4 is 39.4 Å². The molecule has 1 aliphatic heterocycles. The third kappa shape index (κ3) is 4.06. The van der Waals surface area contributed by atoms with Crippen LogP contribution in [0.2, 0.25) is 0 Å². The highest BCUT2D eigenvalue weighted by molar-refractivity contribution is 8.06. The Balaban J connectivity index is 2.01. The van der Waals surface area contributed by atoms with Crippen LogP contribution >= 0.6 is 23.5 Å². The van der Waals surface area contributed by atoms with E-state index in [9.17, 15) is 8.42 Å². The zero-order valence-electron chi connectivity index (χ0n) is 11.4. The second-order valence-corrected chi connectivity index (χ2v) is 8.85. The predicted molar refractivity (Wildman–Crippen MR) is 85.7 cm³/mol. The number of nitrogens with two attached hydrogens (primary N) is 1. The fourth-order valence-corrected chi connectivity index (χ4v) is 5.77. The van der Waals surface area contributed by atoms with Gasteiger partial charge in [-0.2, -0.15) is 28.6 Å². The smallest absolute Gasteiger partial charge is 0.245 e. The Morgan fingerprint density at radius 1 is 1.55 bits per heavy atom. The molecular weight excluding hydrogens is 316 g/mol. The number of thioether (sulfide) groups is 2. The van der Waals surface area contributed by atoms with E-state index in [4.69, 9.17) is 5.73 Å². The van der Waals surface area contributed by atoms with Gasteiger partial charge in [-0.25, -0.2) is 13.1 Å². The second-order valence-electron chi connectivity index (χ2n) is 4.56. The van der Waals surface area contributed by atoms with Crippen LogP contribution in [0.5, 0.6) is 0 Å². The first-order chi connectivity index (χ1) is 9.53. The second kappa shape index (κ2) is 7.06. The molecule has 20 heavy (non-hydrogen) atoms. The lowest BCUT2D eigenvalue weighted by molar-refractivity contribution is 0.579. The van der Waals surface area contributed by atoms with Crippen LogP contribution in [0.25, 0.3) is 0 Å². The third-order valence-corrected chi connectivity index (χ3v) is 7.17. The van der Waals surface area contributed by atoms with Crippen LogP contribution < -0.4 is 10.5 Å². The van der Waals surface area contributed by atoms with Gasteiger partial charge in [-0.05, 0) is 6.42 Å². The van der Waals surface area contributed by atoms with Crippen molar-refractivity contribution in [2.45, 2.75) is 30.0 Å². The lowest BCUT2D eigenvalue weighted by Gasteiger charge is -2.20. The summed E-state index contributed by atoms with van der Waals surface area (Å²) in [6, 6.07) is 0. The molecule has 3 N–H and O–H groups in total. The van der Waals surface area contributed by atoms with Crippen LogP contribution in [0, 0.1) is 0 Å². The van der Waals surface area contributed by atoms with E-state index >= 15 is 0 Å². The monoisotopic (exact) mass is 336 g/mol. The number of nitrogens with zero attached hydrogens (tertiary/aromatic N) is 2. The van der Waals surface area contributed by atoms with Gasteiger partial charge in [0.25, 0.3) is 0 Å². The highest BCUT2D eigenvalue weighted by Gasteiger charge is 2.23. The van der Waals surface area contributed by atoms with Gasteiger partial charge in [-0.15, -0.1) is 0 Å². The van der Waals surface area contributed by atoms with Crippen molar-refractivity contribution in [3.63, 3.8) is 0 Å². The number of hydrogen-bond donors (Lipinski definition) is 2. The molecule has 0 amide bonds. The quantitative estimate of drug-likeness (QED) is 0.805. The number of sulfonamides is 1. The SMILES string of the molecule is CCCn1cc(S(=O)(=O)NCC2CSCCS2)c(N)n1. The fourth-order valence-electron chi connectivity index (χ4n) is 1.90. The molecule has 1 aromatic heterocycles. The normalized spacial score (nSPS) is 20.1. The molecule has 0 aliphatic carbocycles. The Bertz CT molecular complexity index is 538. The maximum atomic E-state index is 12.3. The van der Waals surface area contributed by atoms with Crippen molar-refractivity contribution in [1.82, 2.24) is 14.5 Å². The van der Waals surface area contributed by atoms with Crippen molar-refractivity contribution < 1.29 is 8.42 Å². The first kappa shape index (κ1) is 16.0. The Hall–Kier alpha value is -0.380. The average molecular weight is 337 g/mol. The lowest BCUT2D eigenvalue weighted by Crippen LogP contribution is -2.33. The minimum Gasteiger partial charge on any atom is -0.381 e. The molecule has 0 aromatic carbocycles. The maximum absolute atomic E-state index is 12.3. The molecule has 1 saturated heterocycles.